The second kappa shape index (κ2) is 8.44. The molecule has 2 N–H and O–H groups in total. The fourth-order valence-corrected chi connectivity index (χ4v) is 4.62. The van der Waals surface area contributed by atoms with Crippen LogP contribution in [-0.2, 0) is 6.54 Å². The Morgan fingerprint density at radius 2 is 1.63 bits per heavy atom. The monoisotopic (exact) mass is 401 g/mol. The van der Waals surface area contributed by atoms with Gasteiger partial charge in [-0.25, -0.2) is 9.97 Å². The van der Waals surface area contributed by atoms with Crippen LogP contribution >= 0.6 is 0 Å². The molecule has 0 saturated carbocycles. The Hall–Kier alpha value is -2.92. The molecule has 0 saturated heterocycles. The first kappa shape index (κ1) is 20.4. The van der Waals surface area contributed by atoms with Gasteiger partial charge in [0, 0.05) is 25.0 Å². The van der Waals surface area contributed by atoms with Crippen LogP contribution in [-0.4, -0.2) is 27.6 Å². The van der Waals surface area contributed by atoms with E-state index in [0.29, 0.717) is 6.54 Å². The first-order valence-electron chi connectivity index (χ1n) is 10.9. The third kappa shape index (κ3) is 3.33. The van der Waals surface area contributed by atoms with Gasteiger partial charge in [-0.3, -0.25) is 4.57 Å². The van der Waals surface area contributed by atoms with Crippen LogP contribution in [0.5, 0.6) is 0 Å². The van der Waals surface area contributed by atoms with Gasteiger partial charge >= 0.3 is 0 Å². The van der Waals surface area contributed by atoms with Crippen molar-refractivity contribution in [2.45, 2.75) is 47.1 Å². The lowest BCUT2D eigenvalue weighted by atomic mass is 10.0. The number of para-hydroxylation sites is 1. The molecule has 0 aliphatic carbocycles. The van der Waals surface area contributed by atoms with Crippen LogP contribution in [0.25, 0.3) is 27.6 Å². The highest BCUT2D eigenvalue weighted by Gasteiger charge is 2.21. The molecule has 0 amide bonds. The minimum Gasteiger partial charge on any atom is -0.356 e. The molecule has 0 spiro atoms. The SMILES string of the molecule is CCCN(CCC)c1ncnc2c1c1ccccc1n2-c1c(C)cc(CN)cc1C. The minimum atomic E-state index is 0.546. The molecular weight excluding hydrogens is 370 g/mol. The fourth-order valence-electron chi connectivity index (χ4n) is 4.62. The van der Waals surface area contributed by atoms with E-state index in [1.807, 2.05) is 0 Å². The average molecular weight is 402 g/mol. The maximum Gasteiger partial charge on any atom is 0.151 e. The summed E-state index contributed by atoms with van der Waals surface area (Å²) in [5.41, 5.74) is 12.8. The first-order valence-corrected chi connectivity index (χ1v) is 10.9. The van der Waals surface area contributed by atoms with Crippen molar-refractivity contribution in [3.05, 3.63) is 59.4 Å². The highest BCUT2D eigenvalue weighted by molar-refractivity contribution is 6.13. The van der Waals surface area contributed by atoms with Crippen molar-refractivity contribution < 1.29 is 0 Å². The van der Waals surface area contributed by atoms with Crippen molar-refractivity contribution in [2.24, 2.45) is 5.73 Å². The molecule has 2 heterocycles. The first-order chi connectivity index (χ1) is 14.6. The van der Waals surface area contributed by atoms with E-state index in [2.05, 4.69) is 73.6 Å². The Morgan fingerprint density at radius 1 is 0.967 bits per heavy atom. The Kier molecular flexibility index (Phi) is 5.73. The second-order valence-electron chi connectivity index (χ2n) is 8.02. The summed E-state index contributed by atoms with van der Waals surface area (Å²) in [5.74, 6) is 1.03. The summed E-state index contributed by atoms with van der Waals surface area (Å²) >= 11 is 0. The molecule has 4 rings (SSSR count). The van der Waals surface area contributed by atoms with Crippen LogP contribution < -0.4 is 10.6 Å². The van der Waals surface area contributed by atoms with Crippen LogP contribution in [0.1, 0.15) is 43.4 Å². The highest BCUT2D eigenvalue weighted by atomic mass is 15.2. The van der Waals surface area contributed by atoms with Gasteiger partial charge in [0.15, 0.2) is 5.65 Å². The minimum absolute atomic E-state index is 0.546. The van der Waals surface area contributed by atoms with Crippen molar-refractivity contribution >= 4 is 27.8 Å². The Balaban J connectivity index is 2.09. The lowest BCUT2D eigenvalue weighted by Crippen LogP contribution is -2.26. The molecule has 5 heteroatoms. The molecule has 4 aromatic rings. The Bertz CT molecular complexity index is 1160. The topological polar surface area (TPSA) is 60.0 Å². The smallest absolute Gasteiger partial charge is 0.151 e. The maximum absolute atomic E-state index is 5.91. The van der Waals surface area contributed by atoms with Crippen LogP contribution in [0.4, 0.5) is 5.82 Å². The number of rotatable bonds is 7. The summed E-state index contributed by atoms with van der Waals surface area (Å²) < 4.78 is 2.30. The molecule has 2 aromatic heterocycles. The lowest BCUT2D eigenvalue weighted by molar-refractivity contribution is 0.736. The molecule has 0 radical (unpaired) electrons. The van der Waals surface area contributed by atoms with Gasteiger partial charge in [-0.1, -0.05) is 44.2 Å². The normalized spacial score (nSPS) is 11.5. The Labute approximate surface area is 178 Å². The fraction of sp³-hybridized carbons (Fsp3) is 0.360. The van der Waals surface area contributed by atoms with Crippen molar-refractivity contribution in [2.75, 3.05) is 18.0 Å². The quantitative estimate of drug-likeness (QED) is 0.458. The summed E-state index contributed by atoms with van der Waals surface area (Å²) in [4.78, 5) is 11.9. The largest absolute Gasteiger partial charge is 0.356 e. The van der Waals surface area contributed by atoms with E-state index in [4.69, 9.17) is 15.7 Å². The predicted octanol–water partition coefficient (Wildman–Crippen LogP) is 5.28. The van der Waals surface area contributed by atoms with Gasteiger partial charge in [0.1, 0.15) is 12.1 Å². The number of anilines is 1. The van der Waals surface area contributed by atoms with E-state index >= 15 is 0 Å². The molecule has 30 heavy (non-hydrogen) atoms. The summed E-state index contributed by atoms with van der Waals surface area (Å²) in [6, 6.07) is 12.9. The third-order valence-corrected chi connectivity index (χ3v) is 5.73. The van der Waals surface area contributed by atoms with E-state index in [1.54, 1.807) is 6.33 Å². The van der Waals surface area contributed by atoms with E-state index in [-0.39, 0.29) is 0 Å². The number of aryl methyl sites for hydroxylation is 2. The van der Waals surface area contributed by atoms with Gasteiger partial charge in [-0.05, 0) is 49.4 Å². The third-order valence-electron chi connectivity index (χ3n) is 5.73. The average Bonchev–Trinajstić information content (AvgIpc) is 3.08. The molecule has 0 aliphatic heterocycles. The van der Waals surface area contributed by atoms with E-state index in [9.17, 15) is 0 Å². The van der Waals surface area contributed by atoms with Crippen LogP contribution in [0.2, 0.25) is 0 Å². The summed E-state index contributed by atoms with van der Waals surface area (Å²) in [7, 11) is 0. The van der Waals surface area contributed by atoms with Gasteiger partial charge in [-0.2, -0.15) is 0 Å². The van der Waals surface area contributed by atoms with Gasteiger partial charge in [0.2, 0.25) is 0 Å². The molecule has 0 atom stereocenters. The lowest BCUT2D eigenvalue weighted by Gasteiger charge is -2.23. The number of aromatic nitrogens is 3. The number of nitrogens with zero attached hydrogens (tertiary/aromatic N) is 4. The van der Waals surface area contributed by atoms with Crippen molar-refractivity contribution in [1.82, 2.24) is 14.5 Å². The molecule has 0 aliphatic rings. The van der Waals surface area contributed by atoms with Crippen molar-refractivity contribution in [1.29, 1.82) is 0 Å². The van der Waals surface area contributed by atoms with E-state index < -0.39 is 0 Å². The molecule has 0 unspecified atom stereocenters. The van der Waals surface area contributed by atoms with E-state index in [0.717, 1.165) is 53.9 Å². The summed E-state index contributed by atoms with van der Waals surface area (Å²) in [5, 5.41) is 2.33. The van der Waals surface area contributed by atoms with E-state index in [1.165, 1.54) is 22.2 Å². The predicted molar refractivity (Wildman–Crippen MR) is 127 cm³/mol. The number of hydrogen-bond acceptors (Lipinski definition) is 4. The zero-order valence-electron chi connectivity index (χ0n) is 18.4. The second-order valence-corrected chi connectivity index (χ2v) is 8.02. The Morgan fingerprint density at radius 3 is 2.27 bits per heavy atom. The molecule has 156 valence electrons. The van der Waals surface area contributed by atoms with Crippen LogP contribution in [0, 0.1) is 13.8 Å². The zero-order chi connectivity index (χ0) is 21.3. The molecular formula is C25H31N5. The number of hydrogen-bond donors (Lipinski definition) is 1. The number of benzene rings is 2. The molecule has 2 aromatic carbocycles. The molecule has 0 bridgehead atoms. The standard InChI is InChI=1S/C25H31N5/c1-5-11-29(12-6-2)24-22-20-9-7-8-10-21(20)30(25(22)28-16-27-24)23-17(3)13-19(15-26)14-18(23)4/h7-10,13-14,16H,5-6,11-12,15,26H2,1-4H3. The van der Waals surface area contributed by atoms with Gasteiger partial charge in [-0.15, -0.1) is 0 Å². The zero-order valence-corrected chi connectivity index (χ0v) is 18.4. The molecule has 5 nitrogen and oxygen atoms in total. The van der Waals surface area contributed by atoms with Crippen LogP contribution in [0.3, 0.4) is 0 Å². The number of nitrogens with two attached hydrogens (primary N) is 1. The summed E-state index contributed by atoms with van der Waals surface area (Å²) in [6.45, 7) is 11.3. The van der Waals surface area contributed by atoms with Gasteiger partial charge in [0.05, 0.1) is 16.6 Å². The van der Waals surface area contributed by atoms with Crippen molar-refractivity contribution in [3.63, 3.8) is 0 Å². The van der Waals surface area contributed by atoms with Gasteiger partial charge in [0.25, 0.3) is 0 Å². The highest BCUT2D eigenvalue weighted by Crippen LogP contribution is 2.37. The maximum atomic E-state index is 5.91. The van der Waals surface area contributed by atoms with Crippen LogP contribution in [0.15, 0.2) is 42.7 Å². The van der Waals surface area contributed by atoms with Crippen molar-refractivity contribution in [3.8, 4) is 5.69 Å². The van der Waals surface area contributed by atoms with Gasteiger partial charge < -0.3 is 10.6 Å². The molecule has 0 fully saturated rings. The summed E-state index contributed by atoms with van der Waals surface area (Å²) in [6.07, 6.45) is 3.89. The number of fused-ring (bicyclic) bond motifs is 3.